The number of aromatic nitrogens is 1. The predicted octanol–water partition coefficient (Wildman–Crippen LogP) is 3.94. The summed E-state index contributed by atoms with van der Waals surface area (Å²) in [5, 5.41) is 1.04. The minimum absolute atomic E-state index is 0.0238. The van der Waals surface area contributed by atoms with Crippen LogP contribution in [0.3, 0.4) is 0 Å². The maximum atomic E-state index is 13.8. The van der Waals surface area contributed by atoms with E-state index < -0.39 is 0 Å². The molecule has 1 aliphatic rings. The highest BCUT2D eigenvalue weighted by Gasteiger charge is 2.24. The summed E-state index contributed by atoms with van der Waals surface area (Å²) in [7, 11) is 0. The van der Waals surface area contributed by atoms with Crippen LogP contribution < -0.4 is 5.73 Å². The second-order valence-corrected chi connectivity index (χ2v) is 5.91. The first kappa shape index (κ1) is 12.1. The Hall–Kier alpha value is -0.970. The van der Waals surface area contributed by atoms with E-state index in [0.717, 1.165) is 25.0 Å². The number of nitrogens with zero attached hydrogens (tertiary/aromatic N) is 1. The van der Waals surface area contributed by atoms with Crippen molar-refractivity contribution in [3.8, 4) is 10.6 Å². The van der Waals surface area contributed by atoms with Gasteiger partial charge in [0.25, 0.3) is 0 Å². The highest BCUT2D eigenvalue weighted by atomic mass is 35.5. The van der Waals surface area contributed by atoms with Gasteiger partial charge < -0.3 is 5.73 Å². The molecule has 1 aromatic carbocycles. The SMILES string of the molecule is NC1CCCc2sc(-c3c(F)cccc3Cl)nc21. The van der Waals surface area contributed by atoms with Gasteiger partial charge in [-0.05, 0) is 31.4 Å². The van der Waals surface area contributed by atoms with E-state index in [4.69, 9.17) is 17.3 Å². The van der Waals surface area contributed by atoms with Gasteiger partial charge in [-0.15, -0.1) is 11.3 Å². The summed E-state index contributed by atoms with van der Waals surface area (Å²) in [6, 6.07) is 4.66. The number of nitrogens with two attached hydrogens (primary N) is 1. The average molecular weight is 283 g/mol. The monoisotopic (exact) mass is 282 g/mol. The van der Waals surface area contributed by atoms with Crippen molar-refractivity contribution < 1.29 is 4.39 Å². The van der Waals surface area contributed by atoms with E-state index in [1.54, 1.807) is 12.1 Å². The van der Waals surface area contributed by atoms with Gasteiger partial charge in [0.1, 0.15) is 10.8 Å². The topological polar surface area (TPSA) is 38.9 Å². The zero-order chi connectivity index (χ0) is 12.7. The lowest BCUT2D eigenvalue weighted by Crippen LogP contribution is -2.16. The number of halogens is 2. The fraction of sp³-hybridized carbons (Fsp3) is 0.308. The molecule has 0 fully saturated rings. The Bertz CT molecular complexity index is 576. The molecular formula is C13H12ClFN2S. The first-order chi connectivity index (χ1) is 8.66. The molecule has 18 heavy (non-hydrogen) atoms. The van der Waals surface area contributed by atoms with E-state index in [1.165, 1.54) is 22.3 Å². The molecule has 0 bridgehead atoms. The van der Waals surface area contributed by atoms with Crippen molar-refractivity contribution in [2.45, 2.75) is 25.3 Å². The smallest absolute Gasteiger partial charge is 0.134 e. The van der Waals surface area contributed by atoms with Crippen LogP contribution in [0, 0.1) is 5.82 Å². The molecule has 1 unspecified atom stereocenters. The van der Waals surface area contributed by atoms with Crippen molar-refractivity contribution in [3.63, 3.8) is 0 Å². The highest BCUT2D eigenvalue weighted by molar-refractivity contribution is 7.15. The lowest BCUT2D eigenvalue weighted by Gasteiger charge is -2.15. The lowest BCUT2D eigenvalue weighted by molar-refractivity contribution is 0.564. The molecule has 2 nitrogen and oxygen atoms in total. The number of hydrogen-bond donors (Lipinski definition) is 1. The van der Waals surface area contributed by atoms with Crippen LogP contribution in [0.15, 0.2) is 18.2 Å². The van der Waals surface area contributed by atoms with E-state index in [2.05, 4.69) is 4.98 Å². The molecule has 5 heteroatoms. The van der Waals surface area contributed by atoms with Crippen LogP contribution in [-0.4, -0.2) is 4.98 Å². The molecule has 3 rings (SSSR count). The predicted molar refractivity (Wildman–Crippen MR) is 72.4 cm³/mol. The first-order valence-corrected chi connectivity index (χ1v) is 7.06. The number of benzene rings is 1. The summed E-state index contributed by atoms with van der Waals surface area (Å²) in [6.45, 7) is 0. The summed E-state index contributed by atoms with van der Waals surface area (Å²) in [5.74, 6) is -0.331. The van der Waals surface area contributed by atoms with E-state index in [9.17, 15) is 4.39 Å². The summed E-state index contributed by atoms with van der Waals surface area (Å²) in [5.41, 5.74) is 7.34. The second kappa shape index (κ2) is 4.61. The molecule has 2 N–H and O–H groups in total. The van der Waals surface area contributed by atoms with Crippen LogP contribution in [0.1, 0.15) is 29.5 Å². The number of aryl methyl sites for hydroxylation is 1. The normalized spacial score (nSPS) is 18.7. The number of hydrogen-bond acceptors (Lipinski definition) is 3. The summed E-state index contributed by atoms with van der Waals surface area (Å²) in [4.78, 5) is 5.66. The lowest BCUT2D eigenvalue weighted by atomic mass is 9.99. The second-order valence-electron chi connectivity index (χ2n) is 4.42. The first-order valence-electron chi connectivity index (χ1n) is 5.86. The van der Waals surface area contributed by atoms with E-state index in [-0.39, 0.29) is 11.9 Å². The minimum Gasteiger partial charge on any atom is -0.323 e. The van der Waals surface area contributed by atoms with Crippen molar-refractivity contribution in [2.24, 2.45) is 5.73 Å². The maximum Gasteiger partial charge on any atom is 0.134 e. The zero-order valence-corrected chi connectivity index (χ0v) is 11.2. The van der Waals surface area contributed by atoms with Gasteiger partial charge in [-0.1, -0.05) is 17.7 Å². The third kappa shape index (κ3) is 1.94. The molecule has 0 saturated carbocycles. The van der Waals surface area contributed by atoms with Crippen LogP contribution in [0.25, 0.3) is 10.6 Å². The van der Waals surface area contributed by atoms with Crippen LogP contribution in [-0.2, 0) is 6.42 Å². The molecule has 2 aromatic rings. The quantitative estimate of drug-likeness (QED) is 0.860. The van der Waals surface area contributed by atoms with Crippen molar-refractivity contribution in [1.82, 2.24) is 4.98 Å². The van der Waals surface area contributed by atoms with Crippen molar-refractivity contribution >= 4 is 22.9 Å². The van der Waals surface area contributed by atoms with E-state index in [0.29, 0.717) is 15.6 Å². The number of fused-ring (bicyclic) bond motifs is 1. The fourth-order valence-electron chi connectivity index (χ4n) is 2.26. The average Bonchev–Trinajstić information content (AvgIpc) is 2.74. The van der Waals surface area contributed by atoms with Gasteiger partial charge in [0, 0.05) is 10.9 Å². The highest BCUT2D eigenvalue weighted by Crippen LogP contribution is 2.39. The molecule has 1 aliphatic carbocycles. The Morgan fingerprint density at radius 3 is 3.00 bits per heavy atom. The maximum absolute atomic E-state index is 13.8. The van der Waals surface area contributed by atoms with Crippen molar-refractivity contribution in [1.29, 1.82) is 0 Å². The number of rotatable bonds is 1. The molecular weight excluding hydrogens is 271 g/mol. The standard InChI is InChI=1S/C13H12ClFN2S/c14-7-3-1-4-8(15)11(7)13-17-12-9(16)5-2-6-10(12)18-13/h1,3-4,9H,2,5-6,16H2. The van der Waals surface area contributed by atoms with Gasteiger partial charge in [-0.3, -0.25) is 0 Å². The molecule has 1 aromatic heterocycles. The molecule has 0 aliphatic heterocycles. The largest absolute Gasteiger partial charge is 0.323 e. The van der Waals surface area contributed by atoms with E-state index >= 15 is 0 Å². The molecule has 0 amide bonds. The Morgan fingerprint density at radius 2 is 2.28 bits per heavy atom. The summed E-state index contributed by atoms with van der Waals surface area (Å²) < 4.78 is 13.8. The van der Waals surface area contributed by atoms with Gasteiger partial charge >= 0.3 is 0 Å². The van der Waals surface area contributed by atoms with Gasteiger partial charge in [-0.2, -0.15) is 0 Å². The van der Waals surface area contributed by atoms with E-state index in [1.807, 2.05) is 0 Å². The third-order valence-corrected chi connectivity index (χ3v) is 4.64. The van der Waals surface area contributed by atoms with Gasteiger partial charge in [0.05, 0.1) is 16.3 Å². The fourth-order valence-corrected chi connectivity index (χ4v) is 3.80. The zero-order valence-electron chi connectivity index (χ0n) is 9.62. The Kier molecular flexibility index (Phi) is 3.09. The Morgan fingerprint density at radius 1 is 1.44 bits per heavy atom. The summed E-state index contributed by atoms with van der Waals surface area (Å²) >= 11 is 7.56. The minimum atomic E-state index is -0.331. The molecule has 1 heterocycles. The Labute approximate surface area is 114 Å². The van der Waals surface area contributed by atoms with Crippen LogP contribution in [0.4, 0.5) is 4.39 Å². The number of thiazole rings is 1. The van der Waals surface area contributed by atoms with Gasteiger partial charge in [0.15, 0.2) is 0 Å². The Balaban J connectivity index is 2.13. The third-order valence-electron chi connectivity index (χ3n) is 3.17. The van der Waals surface area contributed by atoms with Gasteiger partial charge in [0.2, 0.25) is 0 Å². The van der Waals surface area contributed by atoms with Crippen LogP contribution in [0.2, 0.25) is 5.02 Å². The molecule has 0 spiro atoms. The summed E-state index contributed by atoms with van der Waals surface area (Å²) in [6.07, 6.45) is 2.99. The van der Waals surface area contributed by atoms with Crippen LogP contribution in [0.5, 0.6) is 0 Å². The molecule has 1 atom stereocenters. The van der Waals surface area contributed by atoms with Crippen LogP contribution >= 0.6 is 22.9 Å². The van der Waals surface area contributed by atoms with Crippen molar-refractivity contribution in [2.75, 3.05) is 0 Å². The van der Waals surface area contributed by atoms with Gasteiger partial charge in [-0.25, -0.2) is 9.37 Å². The van der Waals surface area contributed by atoms with Crippen molar-refractivity contribution in [3.05, 3.63) is 39.6 Å². The molecule has 0 radical (unpaired) electrons. The molecule has 0 saturated heterocycles. The molecule has 94 valence electrons.